The Morgan fingerprint density at radius 2 is 1.65 bits per heavy atom. The summed E-state index contributed by atoms with van der Waals surface area (Å²) in [4.78, 5) is 12.6. The topological polar surface area (TPSA) is 177 Å². The highest BCUT2D eigenvalue weighted by Crippen LogP contribution is 2.50. The smallest absolute Gasteiger partial charge is 0.173 e. The van der Waals surface area contributed by atoms with Crippen molar-refractivity contribution < 1.29 is 50.0 Å². The maximum absolute atomic E-state index is 12.6. The summed E-state index contributed by atoms with van der Waals surface area (Å²) >= 11 is 0. The van der Waals surface area contributed by atoms with Gasteiger partial charge in [-0.15, -0.1) is 0 Å². The molecular formula is C21H22O10. The number of aromatic hydroxyl groups is 3. The lowest BCUT2D eigenvalue weighted by Crippen LogP contribution is -2.55. The minimum Gasteiger partial charge on any atom is -0.508 e. The van der Waals surface area contributed by atoms with Gasteiger partial charge < -0.3 is 45.2 Å². The van der Waals surface area contributed by atoms with Crippen LogP contribution in [0.3, 0.4) is 0 Å². The molecule has 2 aliphatic rings. The molecule has 166 valence electrons. The second-order valence-corrected chi connectivity index (χ2v) is 7.61. The van der Waals surface area contributed by atoms with E-state index in [1.54, 1.807) is 12.1 Å². The maximum atomic E-state index is 12.6. The van der Waals surface area contributed by atoms with Crippen LogP contribution >= 0.6 is 0 Å². The van der Waals surface area contributed by atoms with E-state index in [1.165, 1.54) is 12.1 Å². The Kier molecular flexibility index (Phi) is 5.50. The fourth-order valence-electron chi connectivity index (χ4n) is 3.94. The van der Waals surface area contributed by atoms with Crippen LogP contribution in [0.4, 0.5) is 0 Å². The normalized spacial score (nSPS) is 30.5. The number of phenols is 3. The second kappa shape index (κ2) is 7.98. The van der Waals surface area contributed by atoms with E-state index in [1.807, 2.05) is 0 Å². The van der Waals surface area contributed by atoms with Gasteiger partial charge in [0.15, 0.2) is 17.3 Å². The Morgan fingerprint density at radius 1 is 0.968 bits per heavy atom. The van der Waals surface area contributed by atoms with E-state index < -0.39 is 60.5 Å². The second-order valence-electron chi connectivity index (χ2n) is 7.61. The lowest BCUT2D eigenvalue weighted by atomic mass is 9.88. The van der Waals surface area contributed by atoms with Crippen molar-refractivity contribution >= 4 is 5.78 Å². The number of aliphatic hydroxyl groups is 4. The number of Topliss-reactive ketones (excluding diaryl/α,β-unsaturated/α-hetero) is 1. The first-order valence-electron chi connectivity index (χ1n) is 9.61. The first-order valence-corrected chi connectivity index (χ1v) is 9.61. The SMILES string of the molecule is O=C1C[C@H](c2ccc(O)cc2)Oc2c1cc(O)c([C@@H]1O[C@H](CO)[C@@H](O)[C@H](O)[C@H]1O)c2O. The Hall–Kier alpha value is -2.89. The number of fused-ring (bicyclic) bond motifs is 1. The third kappa shape index (κ3) is 3.58. The van der Waals surface area contributed by atoms with Crippen molar-refractivity contribution in [2.75, 3.05) is 6.61 Å². The largest absolute Gasteiger partial charge is 0.508 e. The summed E-state index contributed by atoms with van der Waals surface area (Å²) in [6.07, 6.45) is -8.72. The van der Waals surface area contributed by atoms with Crippen LogP contribution in [0.5, 0.6) is 23.0 Å². The van der Waals surface area contributed by atoms with E-state index in [2.05, 4.69) is 0 Å². The summed E-state index contributed by atoms with van der Waals surface area (Å²) in [5, 5.41) is 70.5. The Balaban J connectivity index is 1.75. The van der Waals surface area contributed by atoms with E-state index in [0.717, 1.165) is 6.07 Å². The lowest BCUT2D eigenvalue weighted by Gasteiger charge is -2.40. The minimum absolute atomic E-state index is 0.0314. The van der Waals surface area contributed by atoms with Crippen LogP contribution in [-0.4, -0.2) is 72.6 Å². The number of ketones is 1. The lowest BCUT2D eigenvalue weighted by molar-refractivity contribution is -0.232. The number of rotatable bonds is 3. The van der Waals surface area contributed by atoms with Gasteiger partial charge in [0.2, 0.25) is 0 Å². The van der Waals surface area contributed by atoms with Gasteiger partial charge in [0.1, 0.15) is 48.1 Å². The van der Waals surface area contributed by atoms with Gasteiger partial charge in [0, 0.05) is 0 Å². The molecule has 0 amide bonds. The van der Waals surface area contributed by atoms with Gasteiger partial charge in [-0.3, -0.25) is 4.79 Å². The molecule has 0 spiro atoms. The van der Waals surface area contributed by atoms with Crippen molar-refractivity contribution in [3.8, 4) is 23.0 Å². The van der Waals surface area contributed by atoms with Crippen molar-refractivity contribution in [3.05, 3.63) is 47.0 Å². The zero-order valence-electron chi connectivity index (χ0n) is 16.1. The van der Waals surface area contributed by atoms with Crippen LogP contribution in [-0.2, 0) is 4.74 Å². The number of carbonyl (C=O) groups is 1. The molecule has 10 nitrogen and oxygen atoms in total. The van der Waals surface area contributed by atoms with Crippen molar-refractivity contribution in [1.82, 2.24) is 0 Å². The first kappa shape index (κ1) is 21.3. The molecule has 6 atom stereocenters. The summed E-state index contributed by atoms with van der Waals surface area (Å²) < 4.78 is 11.2. The molecule has 0 unspecified atom stereocenters. The molecule has 7 N–H and O–H groups in total. The molecule has 0 bridgehead atoms. The number of aliphatic hydroxyl groups excluding tert-OH is 4. The summed E-state index contributed by atoms with van der Waals surface area (Å²) in [5.74, 6) is -1.87. The third-order valence-electron chi connectivity index (χ3n) is 5.64. The Labute approximate surface area is 176 Å². The monoisotopic (exact) mass is 434 g/mol. The molecular weight excluding hydrogens is 412 g/mol. The van der Waals surface area contributed by atoms with E-state index >= 15 is 0 Å². The molecule has 1 fully saturated rings. The van der Waals surface area contributed by atoms with Crippen LogP contribution in [0, 0.1) is 0 Å². The highest BCUT2D eigenvalue weighted by atomic mass is 16.5. The summed E-state index contributed by atoms with van der Waals surface area (Å²) in [5.41, 5.74) is 0.145. The average molecular weight is 434 g/mol. The Morgan fingerprint density at radius 3 is 2.29 bits per heavy atom. The molecule has 2 aliphatic heterocycles. The van der Waals surface area contributed by atoms with Gasteiger partial charge in [0.05, 0.1) is 24.2 Å². The predicted molar refractivity (Wildman–Crippen MR) is 103 cm³/mol. The zero-order chi connectivity index (χ0) is 22.4. The highest BCUT2D eigenvalue weighted by Gasteiger charge is 2.47. The highest BCUT2D eigenvalue weighted by molar-refractivity contribution is 6.01. The fourth-order valence-corrected chi connectivity index (χ4v) is 3.94. The third-order valence-corrected chi connectivity index (χ3v) is 5.64. The maximum Gasteiger partial charge on any atom is 0.173 e. The molecule has 2 heterocycles. The fraction of sp³-hybridized carbons (Fsp3) is 0.381. The molecule has 2 aromatic carbocycles. The standard InChI is InChI=1S/C21H22O10/c22-7-14-16(26)18(28)19(29)21(31-14)15-12(25)5-10-11(24)6-13(30-20(10)17(15)27)8-1-3-9(23)4-2-8/h1-5,13-14,16,18-19,21-23,25-29H,6-7H2/t13-,14-,16-,18+,19-,21+/m1/s1. The average Bonchev–Trinajstić information content (AvgIpc) is 2.75. The van der Waals surface area contributed by atoms with Crippen molar-refractivity contribution in [2.24, 2.45) is 0 Å². The van der Waals surface area contributed by atoms with E-state index in [-0.39, 0.29) is 29.0 Å². The molecule has 1 saturated heterocycles. The van der Waals surface area contributed by atoms with Gasteiger partial charge in [-0.2, -0.15) is 0 Å². The number of hydrogen-bond donors (Lipinski definition) is 7. The number of hydrogen-bond acceptors (Lipinski definition) is 10. The quantitative estimate of drug-likeness (QED) is 0.348. The summed E-state index contributed by atoms with van der Waals surface area (Å²) in [6.45, 7) is -0.689. The van der Waals surface area contributed by atoms with Gasteiger partial charge >= 0.3 is 0 Å². The number of ether oxygens (including phenoxy) is 2. The molecule has 0 saturated carbocycles. The van der Waals surface area contributed by atoms with Gasteiger partial charge in [-0.25, -0.2) is 0 Å². The molecule has 0 aromatic heterocycles. The molecule has 0 radical (unpaired) electrons. The number of phenolic OH excluding ortho intramolecular Hbond substituents is 3. The molecule has 31 heavy (non-hydrogen) atoms. The predicted octanol–water partition coefficient (Wildman–Crippen LogP) is 0.0248. The molecule has 4 rings (SSSR count). The van der Waals surface area contributed by atoms with Crippen molar-refractivity contribution in [1.29, 1.82) is 0 Å². The zero-order valence-corrected chi connectivity index (χ0v) is 16.1. The minimum atomic E-state index is -1.75. The molecule has 0 aliphatic carbocycles. The molecule has 10 heteroatoms. The van der Waals surface area contributed by atoms with Crippen molar-refractivity contribution in [2.45, 2.75) is 43.0 Å². The first-order chi connectivity index (χ1) is 14.7. The van der Waals surface area contributed by atoms with E-state index in [4.69, 9.17) is 9.47 Å². The van der Waals surface area contributed by atoms with Crippen LogP contribution in [0.2, 0.25) is 0 Å². The van der Waals surface area contributed by atoms with Crippen LogP contribution in [0.25, 0.3) is 0 Å². The summed E-state index contributed by atoms with van der Waals surface area (Å²) in [6, 6.07) is 7.05. The number of benzene rings is 2. The number of carbonyl (C=O) groups excluding carboxylic acids is 1. The Bertz CT molecular complexity index is 987. The molecule has 2 aromatic rings. The summed E-state index contributed by atoms with van der Waals surface area (Å²) in [7, 11) is 0. The van der Waals surface area contributed by atoms with E-state index in [9.17, 15) is 40.5 Å². The van der Waals surface area contributed by atoms with Crippen LogP contribution < -0.4 is 4.74 Å². The van der Waals surface area contributed by atoms with Crippen molar-refractivity contribution in [3.63, 3.8) is 0 Å². The van der Waals surface area contributed by atoms with Gasteiger partial charge in [-0.1, -0.05) is 12.1 Å². The van der Waals surface area contributed by atoms with Crippen LogP contribution in [0.1, 0.15) is 40.1 Å². The van der Waals surface area contributed by atoms with Crippen LogP contribution in [0.15, 0.2) is 30.3 Å². The van der Waals surface area contributed by atoms with E-state index in [0.29, 0.717) is 5.56 Å². The van der Waals surface area contributed by atoms with Gasteiger partial charge in [-0.05, 0) is 23.8 Å². The van der Waals surface area contributed by atoms with Gasteiger partial charge in [0.25, 0.3) is 0 Å².